The van der Waals surface area contributed by atoms with E-state index in [0.717, 1.165) is 42.3 Å². The maximum atomic E-state index is 13.5. The SMILES string of the molecule is CCOC(=O)C1C(=O)C(=Cc2c[nH]c3ncccc23)OC1(NC1CCCCC1)N(C)C. The number of Topliss-reactive ketones (excluding diaryl/α,β-unsaturated/α-hetero) is 1. The first-order valence-corrected chi connectivity index (χ1v) is 10.9. The van der Waals surface area contributed by atoms with Crippen LogP contribution >= 0.6 is 0 Å². The lowest BCUT2D eigenvalue weighted by molar-refractivity contribution is -0.177. The van der Waals surface area contributed by atoms with E-state index in [-0.39, 0.29) is 24.2 Å². The third-order valence-corrected chi connectivity index (χ3v) is 6.13. The average Bonchev–Trinajstić information content (AvgIpc) is 3.29. The Morgan fingerprint density at radius 2 is 2.16 bits per heavy atom. The number of H-pyrrole nitrogens is 1. The molecule has 2 unspecified atom stereocenters. The Balaban J connectivity index is 1.74. The number of carbonyl (C=O) groups excluding carboxylic acids is 2. The number of nitrogens with one attached hydrogen (secondary N) is 2. The van der Waals surface area contributed by atoms with Crippen molar-refractivity contribution >= 4 is 28.9 Å². The molecule has 8 nitrogen and oxygen atoms in total. The zero-order valence-corrected chi connectivity index (χ0v) is 18.3. The Labute approximate surface area is 182 Å². The van der Waals surface area contributed by atoms with Crippen LogP contribution in [-0.4, -0.2) is 59.2 Å². The quantitative estimate of drug-likeness (QED) is 0.317. The fraction of sp³-hybridized carbons (Fsp3) is 0.522. The zero-order valence-electron chi connectivity index (χ0n) is 18.3. The number of fused-ring (bicyclic) bond motifs is 1. The van der Waals surface area contributed by atoms with Crippen molar-refractivity contribution in [2.75, 3.05) is 20.7 Å². The van der Waals surface area contributed by atoms with Crippen LogP contribution in [0.25, 0.3) is 17.1 Å². The van der Waals surface area contributed by atoms with E-state index in [1.165, 1.54) is 6.42 Å². The van der Waals surface area contributed by atoms with E-state index in [1.807, 2.05) is 26.2 Å². The lowest BCUT2D eigenvalue weighted by Gasteiger charge is -2.41. The smallest absolute Gasteiger partial charge is 0.324 e. The summed E-state index contributed by atoms with van der Waals surface area (Å²) in [4.78, 5) is 35.6. The van der Waals surface area contributed by atoms with Gasteiger partial charge in [-0.2, -0.15) is 0 Å². The molecule has 166 valence electrons. The molecule has 31 heavy (non-hydrogen) atoms. The molecule has 4 rings (SSSR count). The molecule has 0 radical (unpaired) electrons. The number of aromatic amines is 1. The van der Waals surface area contributed by atoms with Gasteiger partial charge in [-0.15, -0.1) is 0 Å². The largest absolute Gasteiger partial charge is 0.465 e. The second-order valence-corrected chi connectivity index (χ2v) is 8.37. The molecule has 1 aliphatic heterocycles. The highest BCUT2D eigenvalue weighted by atomic mass is 16.6. The van der Waals surface area contributed by atoms with E-state index < -0.39 is 17.7 Å². The Kier molecular flexibility index (Phi) is 6.11. The molecule has 3 heterocycles. The number of allylic oxidation sites excluding steroid dienone is 1. The minimum Gasteiger partial charge on any atom is -0.465 e. The normalized spacial score (nSPS) is 26.0. The lowest BCUT2D eigenvalue weighted by atomic mass is 9.92. The summed E-state index contributed by atoms with van der Waals surface area (Å²) in [5.41, 5.74) is 1.50. The van der Waals surface area contributed by atoms with Gasteiger partial charge >= 0.3 is 5.97 Å². The molecule has 1 aliphatic carbocycles. The molecule has 8 heteroatoms. The van der Waals surface area contributed by atoms with Crippen LogP contribution in [0.2, 0.25) is 0 Å². The number of carbonyl (C=O) groups is 2. The molecule has 0 spiro atoms. The highest BCUT2D eigenvalue weighted by Gasteiger charge is 2.60. The van der Waals surface area contributed by atoms with Gasteiger partial charge in [-0.25, -0.2) is 4.98 Å². The summed E-state index contributed by atoms with van der Waals surface area (Å²) in [6, 6.07) is 3.93. The molecule has 0 bridgehead atoms. The fourth-order valence-electron chi connectivity index (χ4n) is 4.56. The molecule has 2 aliphatic rings. The Hall–Kier alpha value is -2.71. The van der Waals surface area contributed by atoms with Gasteiger partial charge < -0.3 is 14.5 Å². The number of ether oxygens (including phenoxy) is 2. The molecular weight excluding hydrogens is 396 g/mol. The van der Waals surface area contributed by atoms with Gasteiger partial charge in [0.1, 0.15) is 5.65 Å². The van der Waals surface area contributed by atoms with Crippen molar-refractivity contribution in [2.45, 2.75) is 50.9 Å². The van der Waals surface area contributed by atoms with Crippen LogP contribution in [0.1, 0.15) is 44.6 Å². The fourth-order valence-corrected chi connectivity index (χ4v) is 4.56. The average molecular weight is 427 g/mol. The van der Waals surface area contributed by atoms with Crippen molar-refractivity contribution in [3.05, 3.63) is 35.8 Å². The minimum absolute atomic E-state index is 0.139. The molecule has 0 aromatic carbocycles. The third kappa shape index (κ3) is 3.97. The van der Waals surface area contributed by atoms with Gasteiger partial charge in [0.05, 0.1) is 6.61 Å². The maximum absolute atomic E-state index is 13.5. The Morgan fingerprint density at radius 1 is 1.39 bits per heavy atom. The van der Waals surface area contributed by atoms with Crippen LogP contribution < -0.4 is 5.32 Å². The molecular formula is C23H30N4O4. The second kappa shape index (κ2) is 8.80. The molecule has 2 aromatic heterocycles. The molecule has 1 saturated carbocycles. The minimum atomic E-state index is -1.29. The van der Waals surface area contributed by atoms with Gasteiger partial charge in [0, 0.05) is 29.4 Å². The van der Waals surface area contributed by atoms with E-state index in [9.17, 15) is 9.59 Å². The van der Waals surface area contributed by atoms with Gasteiger partial charge in [-0.05, 0) is 52.1 Å². The Bertz CT molecular complexity index is 992. The van der Waals surface area contributed by atoms with Gasteiger partial charge in [0.25, 0.3) is 0 Å². The molecule has 1 saturated heterocycles. The van der Waals surface area contributed by atoms with Crippen molar-refractivity contribution in [1.82, 2.24) is 20.2 Å². The van der Waals surface area contributed by atoms with Gasteiger partial charge in [-0.1, -0.05) is 19.3 Å². The number of rotatable bonds is 6. The highest BCUT2D eigenvalue weighted by molar-refractivity contribution is 6.12. The highest BCUT2D eigenvalue weighted by Crippen LogP contribution is 2.39. The van der Waals surface area contributed by atoms with E-state index >= 15 is 0 Å². The first kappa shape index (κ1) is 21.5. The van der Waals surface area contributed by atoms with Crippen molar-refractivity contribution in [3.63, 3.8) is 0 Å². The number of hydrogen-bond acceptors (Lipinski definition) is 7. The van der Waals surface area contributed by atoms with E-state index in [2.05, 4.69) is 15.3 Å². The molecule has 2 aromatic rings. The van der Waals surface area contributed by atoms with Crippen LogP contribution in [0, 0.1) is 5.92 Å². The zero-order chi connectivity index (χ0) is 22.0. The van der Waals surface area contributed by atoms with Crippen LogP contribution in [0.15, 0.2) is 30.3 Å². The van der Waals surface area contributed by atoms with Crippen molar-refractivity contribution in [3.8, 4) is 0 Å². The first-order valence-electron chi connectivity index (χ1n) is 10.9. The van der Waals surface area contributed by atoms with Crippen LogP contribution in [0.3, 0.4) is 0 Å². The van der Waals surface area contributed by atoms with Crippen molar-refractivity contribution < 1.29 is 19.1 Å². The Morgan fingerprint density at radius 3 is 2.87 bits per heavy atom. The molecule has 2 N–H and O–H groups in total. The number of hydrogen-bond donors (Lipinski definition) is 2. The van der Waals surface area contributed by atoms with Gasteiger partial charge in [0.2, 0.25) is 11.6 Å². The van der Waals surface area contributed by atoms with Crippen LogP contribution in [0.4, 0.5) is 0 Å². The van der Waals surface area contributed by atoms with E-state index in [0.29, 0.717) is 0 Å². The summed E-state index contributed by atoms with van der Waals surface area (Å²) in [6.45, 7) is 1.93. The molecule has 2 atom stereocenters. The summed E-state index contributed by atoms with van der Waals surface area (Å²) in [6.07, 6.45) is 10.6. The number of ketones is 1. The number of esters is 1. The molecule has 0 amide bonds. The van der Waals surface area contributed by atoms with Crippen LogP contribution in [-0.2, 0) is 19.1 Å². The second-order valence-electron chi connectivity index (χ2n) is 8.37. The predicted molar refractivity (Wildman–Crippen MR) is 117 cm³/mol. The number of aromatic nitrogens is 2. The first-order chi connectivity index (χ1) is 15.0. The van der Waals surface area contributed by atoms with Gasteiger partial charge in [-0.3, -0.25) is 19.8 Å². The summed E-state index contributed by atoms with van der Waals surface area (Å²) in [7, 11) is 3.63. The van der Waals surface area contributed by atoms with Crippen LogP contribution in [0.5, 0.6) is 0 Å². The number of nitrogens with zero attached hydrogens (tertiary/aromatic N) is 2. The standard InChI is InChI=1S/C23H30N4O4/c1-4-30-22(29)19-20(28)18(13-15-14-25-21-17(15)11-8-12-24-21)31-23(19,27(2)3)26-16-9-6-5-7-10-16/h8,11-14,16,19,26H,4-7,9-10H2,1-3H3,(H,24,25). The third-order valence-electron chi connectivity index (χ3n) is 6.13. The number of pyridine rings is 1. The van der Waals surface area contributed by atoms with E-state index in [4.69, 9.17) is 9.47 Å². The summed E-state index contributed by atoms with van der Waals surface area (Å²) in [5, 5.41) is 4.39. The van der Waals surface area contributed by atoms with Crippen molar-refractivity contribution in [1.29, 1.82) is 0 Å². The van der Waals surface area contributed by atoms with Gasteiger partial charge in [0.15, 0.2) is 11.7 Å². The monoisotopic (exact) mass is 426 g/mol. The summed E-state index contributed by atoms with van der Waals surface area (Å²) >= 11 is 0. The lowest BCUT2D eigenvalue weighted by Crippen LogP contribution is -2.65. The molecule has 2 fully saturated rings. The maximum Gasteiger partial charge on any atom is 0.324 e. The topological polar surface area (TPSA) is 96.6 Å². The summed E-state index contributed by atoms with van der Waals surface area (Å²) < 4.78 is 11.6. The summed E-state index contributed by atoms with van der Waals surface area (Å²) in [5.74, 6) is -3.22. The van der Waals surface area contributed by atoms with E-state index in [1.54, 1.807) is 30.3 Å². The predicted octanol–water partition coefficient (Wildman–Crippen LogP) is 2.82. The van der Waals surface area contributed by atoms with Crippen molar-refractivity contribution in [2.24, 2.45) is 5.92 Å².